The molecule has 1 aromatic carbocycles. The number of aryl methyl sites for hydroxylation is 1. The summed E-state index contributed by atoms with van der Waals surface area (Å²) in [6.45, 7) is 0. The van der Waals surface area contributed by atoms with Crippen molar-refractivity contribution in [1.82, 2.24) is 0 Å². The van der Waals surface area contributed by atoms with Gasteiger partial charge < -0.3 is 10.1 Å². The number of rotatable bonds is 3. The molecule has 4 nitrogen and oxygen atoms in total. The van der Waals surface area contributed by atoms with Gasteiger partial charge in [-0.1, -0.05) is 0 Å². The van der Waals surface area contributed by atoms with E-state index in [1.165, 1.54) is 16.2 Å². The van der Waals surface area contributed by atoms with E-state index in [9.17, 15) is 10.1 Å². The molecule has 3 rings (SSSR count). The summed E-state index contributed by atoms with van der Waals surface area (Å²) >= 11 is 4.89. The minimum absolute atomic E-state index is 0.222. The molecule has 0 aliphatic heterocycles. The van der Waals surface area contributed by atoms with Crippen LogP contribution in [-0.2, 0) is 12.8 Å². The number of ether oxygens (including phenoxy) is 1. The Morgan fingerprint density at radius 2 is 2.27 bits per heavy atom. The molecule has 1 aliphatic carbocycles. The normalized spacial score (nSPS) is 12.6. The van der Waals surface area contributed by atoms with Gasteiger partial charge in [-0.15, -0.1) is 11.3 Å². The van der Waals surface area contributed by atoms with E-state index in [0.29, 0.717) is 21.9 Å². The third kappa shape index (κ3) is 2.62. The molecule has 1 aliphatic rings. The lowest BCUT2D eigenvalue weighted by molar-refractivity contribution is 0.102. The second kappa shape index (κ2) is 6.11. The van der Waals surface area contributed by atoms with E-state index >= 15 is 0 Å². The quantitative estimate of drug-likeness (QED) is 0.875. The summed E-state index contributed by atoms with van der Waals surface area (Å²) in [6, 6.07) is 7.37. The molecular formula is C16H13BrN2O2S. The monoisotopic (exact) mass is 376 g/mol. The van der Waals surface area contributed by atoms with Gasteiger partial charge >= 0.3 is 0 Å². The van der Waals surface area contributed by atoms with Gasteiger partial charge in [0.2, 0.25) is 0 Å². The molecule has 6 heteroatoms. The number of nitriles is 1. The Labute approximate surface area is 140 Å². The van der Waals surface area contributed by atoms with Gasteiger partial charge in [-0.3, -0.25) is 4.79 Å². The maximum Gasteiger partial charge on any atom is 0.256 e. The number of carbonyl (C=O) groups excluding carboxylic acids is 1. The van der Waals surface area contributed by atoms with Crippen molar-refractivity contribution in [3.05, 3.63) is 44.2 Å². The molecule has 0 bridgehead atoms. The van der Waals surface area contributed by atoms with Gasteiger partial charge in [0, 0.05) is 10.4 Å². The highest BCUT2D eigenvalue weighted by molar-refractivity contribution is 9.10. The minimum Gasteiger partial charge on any atom is -0.496 e. The predicted octanol–water partition coefficient (Wildman–Crippen LogP) is 4.13. The average molecular weight is 377 g/mol. The van der Waals surface area contributed by atoms with Crippen LogP contribution in [0.5, 0.6) is 5.75 Å². The van der Waals surface area contributed by atoms with Crippen LogP contribution in [0.3, 0.4) is 0 Å². The number of benzene rings is 1. The number of methoxy groups -OCH3 is 1. The van der Waals surface area contributed by atoms with Crippen molar-refractivity contribution in [1.29, 1.82) is 5.26 Å². The molecule has 0 saturated carbocycles. The summed E-state index contributed by atoms with van der Waals surface area (Å²) in [7, 11) is 1.58. The summed E-state index contributed by atoms with van der Waals surface area (Å²) in [5.74, 6) is 0.448. The van der Waals surface area contributed by atoms with Gasteiger partial charge in [0.25, 0.3) is 5.91 Å². The van der Waals surface area contributed by atoms with E-state index in [4.69, 9.17) is 4.74 Å². The largest absolute Gasteiger partial charge is 0.496 e. The SMILES string of the molecule is COc1ccc(C(=O)Nc2sc3c(c2C#N)CCC3)cc1Br. The Kier molecular flexibility index (Phi) is 4.19. The maximum atomic E-state index is 12.4. The first kappa shape index (κ1) is 15.1. The second-order valence-electron chi connectivity index (χ2n) is 4.98. The number of fused-ring (bicyclic) bond motifs is 1. The Balaban J connectivity index is 1.86. The molecule has 0 atom stereocenters. The van der Waals surface area contributed by atoms with Crippen molar-refractivity contribution >= 4 is 38.2 Å². The van der Waals surface area contributed by atoms with E-state index in [2.05, 4.69) is 27.3 Å². The fourth-order valence-electron chi connectivity index (χ4n) is 2.59. The van der Waals surface area contributed by atoms with E-state index in [0.717, 1.165) is 29.3 Å². The lowest BCUT2D eigenvalue weighted by Crippen LogP contribution is -2.12. The van der Waals surface area contributed by atoms with Gasteiger partial charge in [0.05, 0.1) is 17.1 Å². The Morgan fingerprint density at radius 1 is 1.45 bits per heavy atom. The van der Waals surface area contributed by atoms with Crippen molar-refractivity contribution in [2.24, 2.45) is 0 Å². The van der Waals surface area contributed by atoms with Crippen molar-refractivity contribution in [3.8, 4) is 11.8 Å². The number of amides is 1. The van der Waals surface area contributed by atoms with Crippen LogP contribution in [0.1, 0.15) is 32.8 Å². The Bertz CT molecular complexity index is 792. The van der Waals surface area contributed by atoms with Crippen LogP contribution in [0.4, 0.5) is 5.00 Å². The highest BCUT2D eigenvalue weighted by Gasteiger charge is 2.23. The highest BCUT2D eigenvalue weighted by Crippen LogP contribution is 2.38. The molecule has 1 aromatic heterocycles. The van der Waals surface area contributed by atoms with Crippen LogP contribution in [0, 0.1) is 11.3 Å². The molecule has 0 saturated heterocycles. The van der Waals surface area contributed by atoms with E-state index in [-0.39, 0.29) is 5.91 Å². The zero-order valence-electron chi connectivity index (χ0n) is 11.9. The first-order valence-electron chi connectivity index (χ1n) is 6.83. The standard InChI is InChI=1S/C16H13BrN2O2S/c1-21-13-6-5-9(7-12(13)17)15(20)19-16-11(8-18)10-3-2-4-14(10)22-16/h5-7H,2-4H2,1H3,(H,19,20). The molecule has 112 valence electrons. The summed E-state index contributed by atoms with van der Waals surface area (Å²) in [6.07, 6.45) is 3.02. The van der Waals surface area contributed by atoms with E-state index in [1.807, 2.05) is 0 Å². The third-order valence-corrected chi connectivity index (χ3v) is 5.50. The van der Waals surface area contributed by atoms with Crippen molar-refractivity contribution in [2.45, 2.75) is 19.3 Å². The second-order valence-corrected chi connectivity index (χ2v) is 6.94. The number of carbonyl (C=O) groups is 1. The first-order chi connectivity index (χ1) is 10.6. The van der Waals surface area contributed by atoms with Crippen molar-refractivity contribution in [3.63, 3.8) is 0 Å². The zero-order valence-corrected chi connectivity index (χ0v) is 14.3. The third-order valence-electron chi connectivity index (χ3n) is 3.67. The van der Waals surface area contributed by atoms with Crippen molar-refractivity contribution in [2.75, 3.05) is 12.4 Å². The van der Waals surface area contributed by atoms with Gasteiger partial charge in [0.15, 0.2) is 0 Å². The van der Waals surface area contributed by atoms with Crippen LogP contribution >= 0.6 is 27.3 Å². The minimum atomic E-state index is -0.222. The number of thiophene rings is 1. The van der Waals surface area contributed by atoms with Gasteiger partial charge in [0.1, 0.15) is 16.8 Å². The molecule has 1 amide bonds. The number of hydrogen-bond donors (Lipinski definition) is 1. The molecule has 2 aromatic rings. The molecule has 0 spiro atoms. The van der Waals surface area contributed by atoms with Gasteiger partial charge in [-0.25, -0.2) is 0 Å². The van der Waals surface area contributed by atoms with Crippen LogP contribution in [0.25, 0.3) is 0 Å². The number of nitrogens with one attached hydrogen (secondary N) is 1. The molecule has 0 unspecified atom stereocenters. The molecule has 0 radical (unpaired) electrons. The molecule has 1 N–H and O–H groups in total. The van der Waals surface area contributed by atoms with Crippen LogP contribution in [0.15, 0.2) is 22.7 Å². The summed E-state index contributed by atoms with van der Waals surface area (Å²) < 4.78 is 5.88. The smallest absolute Gasteiger partial charge is 0.256 e. The fourth-order valence-corrected chi connectivity index (χ4v) is 4.37. The van der Waals surface area contributed by atoms with Crippen LogP contribution in [0.2, 0.25) is 0 Å². The van der Waals surface area contributed by atoms with Crippen LogP contribution in [-0.4, -0.2) is 13.0 Å². The van der Waals surface area contributed by atoms with Crippen molar-refractivity contribution < 1.29 is 9.53 Å². The molecular weight excluding hydrogens is 364 g/mol. The zero-order chi connectivity index (χ0) is 15.7. The number of anilines is 1. The first-order valence-corrected chi connectivity index (χ1v) is 8.44. The van der Waals surface area contributed by atoms with Crippen LogP contribution < -0.4 is 10.1 Å². The topological polar surface area (TPSA) is 62.1 Å². The average Bonchev–Trinajstić information content (AvgIpc) is 3.07. The molecule has 22 heavy (non-hydrogen) atoms. The highest BCUT2D eigenvalue weighted by atomic mass is 79.9. The summed E-state index contributed by atoms with van der Waals surface area (Å²) in [5.41, 5.74) is 2.25. The predicted molar refractivity (Wildman–Crippen MR) is 89.7 cm³/mol. The summed E-state index contributed by atoms with van der Waals surface area (Å²) in [4.78, 5) is 13.6. The fraction of sp³-hybridized carbons (Fsp3) is 0.250. The maximum absolute atomic E-state index is 12.4. The lowest BCUT2D eigenvalue weighted by atomic mass is 10.1. The Morgan fingerprint density at radius 3 is 2.95 bits per heavy atom. The molecule has 0 fully saturated rings. The van der Waals surface area contributed by atoms with E-state index < -0.39 is 0 Å². The molecule has 1 heterocycles. The summed E-state index contributed by atoms with van der Waals surface area (Å²) in [5, 5.41) is 12.9. The number of hydrogen-bond acceptors (Lipinski definition) is 4. The number of halogens is 1. The number of nitrogens with zero attached hydrogens (tertiary/aromatic N) is 1. The van der Waals surface area contributed by atoms with Gasteiger partial charge in [-0.2, -0.15) is 5.26 Å². The Hall–Kier alpha value is -1.84. The van der Waals surface area contributed by atoms with E-state index in [1.54, 1.807) is 25.3 Å². The lowest BCUT2D eigenvalue weighted by Gasteiger charge is -2.07. The van der Waals surface area contributed by atoms with Gasteiger partial charge in [-0.05, 0) is 59.0 Å².